The Morgan fingerprint density at radius 1 is 1.26 bits per heavy atom. The predicted octanol–water partition coefficient (Wildman–Crippen LogP) is 2.86. The molecule has 1 heterocycles. The van der Waals surface area contributed by atoms with Crippen LogP contribution >= 0.6 is 0 Å². The average Bonchev–Trinajstić information content (AvgIpc) is 3.37. The van der Waals surface area contributed by atoms with Gasteiger partial charge in [-0.2, -0.15) is 8.42 Å². The zero-order valence-electron chi connectivity index (χ0n) is 18.9. The number of aromatic hydroxyl groups is 1. The highest BCUT2D eigenvalue weighted by molar-refractivity contribution is 7.87. The standard InChI is InChI=1S/C25H26O8S/c1-14-6-9-18(10-7-14)34(30,31)33-24-19(11-8-16-4-3-5-17(16)12-21(26)27)23(28)15(2)20-13-32-25(29)22(20)24/h6-10,17,28H,3-5,11-13H2,1-2H3,(H,26,27)/p-1/b16-8+. The minimum absolute atomic E-state index is 0.0166. The Morgan fingerprint density at radius 2 is 1.97 bits per heavy atom. The van der Waals surface area contributed by atoms with E-state index in [4.69, 9.17) is 8.92 Å². The quantitative estimate of drug-likeness (QED) is 0.360. The van der Waals surface area contributed by atoms with E-state index in [0.29, 0.717) is 24.0 Å². The van der Waals surface area contributed by atoms with Crippen molar-refractivity contribution in [1.29, 1.82) is 0 Å². The maximum Gasteiger partial charge on any atom is 0.342 e. The Kier molecular flexibility index (Phi) is 6.40. The molecule has 1 aliphatic carbocycles. The number of carbonyl (C=O) groups is 2. The van der Waals surface area contributed by atoms with E-state index in [-0.39, 0.29) is 52.9 Å². The van der Waals surface area contributed by atoms with Gasteiger partial charge in [0.15, 0.2) is 5.75 Å². The first-order valence-corrected chi connectivity index (χ1v) is 12.4. The number of phenolic OH excluding ortho intramolecular Hbond substituents is 1. The van der Waals surface area contributed by atoms with E-state index in [9.17, 15) is 28.2 Å². The van der Waals surface area contributed by atoms with Gasteiger partial charge in [0.05, 0.1) is 0 Å². The maximum absolute atomic E-state index is 13.1. The molecule has 0 bridgehead atoms. The minimum Gasteiger partial charge on any atom is -0.550 e. The summed E-state index contributed by atoms with van der Waals surface area (Å²) in [5.74, 6) is -2.47. The van der Waals surface area contributed by atoms with Crippen molar-refractivity contribution in [3.05, 3.63) is 63.7 Å². The van der Waals surface area contributed by atoms with Crippen LogP contribution in [0.5, 0.6) is 11.5 Å². The number of allylic oxidation sites excluding steroid dienone is 2. The number of fused-ring (bicyclic) bond motifs is 1. The van der Waals surface area contributed by atoms with Crippen molar-refractivity contribution in [3.63, 3.8) is 0 Å². The number of hydrogen-bond donors (Lipinski definition) is 1. The molecule has 2 aromatic carbocycles. The Morgan fingerprint density at radius 3 is 2.65 bits per heavy atom. The molecule has 2 aliphatic rings. The summed E-state index contributed by atoms with van der Waals surface area (Å²) >= 11 is 0. The van der Waals surface area contributed by atoms with E-state index < -0.39 is 22.1 Å². The molecule has 0 amide bonds. The van der Waals surface area contributed by atoms with E-state index >= 15 is 0 Å². The van der Waals surface area contributed by atoms with Crippen LogP contribution in [0.2, 0.25) is 0 Å². The number of carboxylic acid groups (broad SMARTS) is 1. The van der Waals surface area contributed by atoms with Crippen LogP contribution in [-0.4, -0.2) is 25.5 Å². The molecule has 1 atom stereocenters. The molecule has 1 fully saturated rings. The summed E-state index contributed by atoms with van der Waals surface area (Å²) in [5.41, 5.74) is 2.67. The molecular formula is C25H25O8S-. The number of hydrogen-bond acceptors (Lipinski definition) is 8. The summed E-state index contributed by atoms with van der Waals surface area (Å²) in [6.45, 7) is 3.35. The summed E-state index contributed by atoms with van der Waals surface area (Å²) in [4.78, 5) is 23.5. The van der Waals surface area contributed by atoms with E-state index in [1.807, 2.05) is 6.92 Å². The zero-order chi connectivity index (χ0) is 24.6. The van der Waals surface area contributed by atoms with Crippen molar-refractivity contribution in [2.45, 2.75) is 57.5 Å². The third-order valence-corrected chi connectivity index (χ3v) is 7.71. The normalized spacial score (nSPS) is 18.7. The second-order valence-corrected chi connectivity index (χ2v) is 10.3. The van der Waals surface area contributed by atoms with E-state index in [1.54, 1.807) is 25.1 Å². The lowest BCUT2D eigenvalue weighted by Gasteiger charge is -2.18. The first-order chi connectivity index (χ1) is 16.1. The number of benzene rings is 2. The maximum atomic E-state index is 13.1. The predicted molar refractivity (Wildman–Crippen MR) is 120 cm³/mol. The Hall–Kier alpha value is -3.33. The number of phenols is 1. The summed E-state index contributed by atoms with van der Waals surface area (Å²) in [7, 11) is -4.32. The van der Waals surface area contributed by atoms with Gasteiger partial charge in [-0.15, -0.1) is 0 Å². The molecule has 1 saturated carbocycles. The van der Waals surface area contributed by atoms with Gasteiger partial charge >= 0.3 is 16.1 Å². The lowest BCUT2D eigenvalue weighted by atomic mass is 9.93. The lowest BCUT2D eigenvalue weighted by Crippen LogP contribution is -2.24. The number of carbonyl (C=O) groups excluding carboxylic acids is 2. The van der Waals surface area contributed by atoms with Crippen LogP contribution in [0.15, 0.2) is 40.8 Å². The van der Waals surface area contributed by atoms with Crippen LogP contribution in [0.1, 0.15) is 58.3 Å². The van der Waals surface area contributed by atoms with Crippen LogP contribution in [0.3, 0.4) is 0 Å². The fourth-order valence-electron chi connectivity index (χ4n) is 4.58. The average molecular weight is 486 g/mol. The molecule has 4 rings (SSSR count). The van der Waals surface area contributed by atoms with Crippen molar-refractivity contribution < 1.29 is 37.1 Å². The Balaban J connectivity index is 1.79. The molecule has 1 unspecified atom stereocenters. The van der Waals surface area contributed by atoms with Gasteiger partial charge in [0.2, 0.25) is 0 Å². The SMILES string of the molecule is Cc1ccc(S(=O)(=O)Oc2c(C/C=C3\CCCC3CC(=O)[O-])c(O)c(C)c3c2C(=O)OC3)cc1. The number of rotatable bonds is 7. The summed E-state index contributed by atoms with van der Waals surface area (Å²) in [6.07, 6.45) is 3.99. The second-order valence-electron chi connectivity index (χ2n) is 8.71. The molecule has 180 valence electrons. The first-order valence-electron chi connectivity index (χ1n) is 11.0. The minimum atomic E-state index is -4.32. The van der Waals surface area contributed by atoms with Gasteiger partial charge in [-0.05, 0) is 69.6 Å². The fourth-order valence-corrected chi connectivity index (χ4v) is 5.55. The molecule has 0 saturated heterocycles. The monoisotopic (exact) mass is 485 g/mol. The Bertz CT molecular complexity index is 1290. The molecule has 2 aromatic rings. The third kappa shape index (κ3) is 4.52. The number of aliphatic carboxylic acids is 1. The Labute approximate surface area is 198 Å². The number of cyclic esters (lactones) is 1. The molecule has 0 radical (unpaired) electrons. The van der Waals surface area contributed by atoms with E-state index in [2.05, 4.69) is 0 Å². The summed E-state index contributed by atoms with van der Waals surface area (Å²) in [5, 5.41) is 22.0. The lowest BCUT2D eigenvalue weighted by molar-refractivity contribution is -0.306. The molecule has 9 heteroatoms. The second kappa shape index (κ2) is 9.13. The van der Waals surface area contributed by atoms with Gasteiger partial charge < -0.3 is 23.9 Å². The molecule has 0 spiro atoms. The van der Waals surface area contributed by atoms with Gasteiger partial charge in [-0.25, -0.2) is 4.79 Å². The first kappa shape index (κ1) is 23.8. The largest absolute Gasteiger partial charge is 0.550 e. The van der Waals surface area contributed by atoms with Crippen molar-refractivity contribution in [1.82, 2.24) is 0 Å². The summed E-state index contributed by atoms with van der Waals surface area (Å²) in [6, 6.07) is 6.07. The van der Waals surface area contributed by atoms with Crippen molar-refractivity contribution in [2.75, 3.05) is 0 Å². The highest BCUT2D eigenvalue weighted by Gasteiger charge is 2.35. The highest BCUT2D eigenvalue weighted by atomic mass is 32.2. The molecule has 0 aromatic heterocycles. The van der Waals surface area contributed by atoms with Crippen molar-refractivity contribution in [2.24, 2.45) is 5.92 Å². The van der Waals surface area contributed by atoms with Gasteiger partial charge in [0, 0.05) is 17.1 Å². The van der Waals surface area contributed by atoms with Crippen molar-refractivity contribution >= 4 is 22.1 Å². The van der Waals surface area contributed by atoms with Crippen molar-refractivity contribution in [3.8, 4) is 11.5 Å². The molecule has 8 nitrogen and oxygen atoms in total. The number of aryl methyl sites for hydroxylation is 1. The molecule has 34 heavy (non-hydrogen) atoms. The topological polar surface area (TPSA) is 130 Å². The van der Waals surface area contributed by atoms with E-state index in [1.165, 1.54) is 12.1 Å². The smallest absolute Gasteiger partial charge is 0.342 e. The molecule has 1 N–H and O–H groups in total. The summed E-state index contributed by atoms with van der Waals surface area (Å²) < 4.78 is 36.7. The van der Waals surface area contributed by atoms with Gasteiger partial charge in [0.1, 0.15) is 22.8 Å². The molecular weight excluding hydrogens is 460 g/mol. The fraction of sp³-hybridized carbons (Fsp3) is 0.360. The zero-order valence-corrected chi connectivity index (χ0v) is 19.7. The van der Waals surface area contributed by atoms with Gasteiger partial charge in [0.25, 0.3) is 0 Å². The van der Waals surface area contributed by atoms with Gasteiger partial charge in [-0.3, -0.25) is 0 Å². The number of ether oxygens (including phenoxy) is 1. The van der Waals surface area contributed by atoms with Crippen LogP contribution < -0.4 is 9.29 Å². The third-order valence-electron chi connectivity index (χ3n) is 6.47. The number of esters is 1. The highest BCUT2D eigenvalue weighted by Crippen LogP contribution is 2.44. The van der Waals surface area contributed by atoms with Crippen LogP contribution in [0.4, 0.5) is 0 Å². The number of carboxylic acids is 1. The molecule has 1 aliphatic heterocycles. The van der Waals surface area contributed by atoms with Gasteiger partial charge in [-0.1, -0.05) is 29.3 Å². The van der Waals surface area contributed by atoms with E-state index in [0.717, 1.165) is 17.6 Å². The van der Waals surface area contributed by atoms with Crippen LogP contribution in [0.25, 0.3) is 0 Å². The van der Waals surface area contributed by atoms with Crippen LogP contribution in [-0.2, 0) is 32.7 Å². The van der Waals surface area contributed by atoms with Crippen LogP contribution in [0, 0.1) is 19.8 Å².